The van der Waals surface area contributed by atoms with Crippen LogP contribution in [0.5, 0.6) is 0 Å². The van der Waals surface area contributed by atoms with Crippen molar-refractivity contribution >= 4 is 21.8 Å². The van der Waals surface area contributed by atoms with E-state index in [0.717, 1.165) is 36.9 Å². The highest BCUT2D eigenvalue weighted by molar-refractivity contribution is 9.10. The van der Waals surface area contributed by atoms with Crippen molar-refractivity contribution in [3.8, 4) is 0 Å². The van der Waals surface area contributed by atoms with Crippen molar-refractivity contribution in [3.63, 3.8) is 0 Å². The summed E-state index contributed by atoms with van der Waals surface area (Å²) < 4.78 is 2.63. The van der Waals surface area contributed by atoms with Crippen molar-refractivity contribution in [3.05, 3.63) is 16.9 Å². The van der Waals surface area contributed by atoms with Gasteiger partial charge in [-0.05, 0) is 60.6 Å². The molecule has 3 rings (SSSR count). The highest BCUT2D eigenvalue weighted by Crippen LogP contribution is 2.27. The number of piperidine rings is 1. The summed E-state index contributed by atoms with van der Waals surface area (Å²) >= 11 is 3.37. The highest BCUT2D eigenvalue weighted by atomic mass is 79.9. The monoisotopic (exact) mass is 340 g/mol. The van der Waals surface area contributed by atoms with Crippen LogP contribution in [0.25, 0.3) is 0 Å². The molecule has 2 aliphatic heterocycles. The van der Waals surface area contributed by atoms with Gasteiger partial charge < -0.3 is 10.2 Å². The third kappa shape index (κ3) is 3.06. The zero-order valence-electron chi connectivity index (χ0n) is 11.6. The molecule has 20 heavy (non-hydrogen) atoms. The number of aromatic nitrogens is 2. The van der Waals surface area contributed by atoms with E-state index in [-0.39, 0.29) is 5.91 Å². The minimum atomic E-state index is 0.206. The Morgan fingerprint density at radius 1 is 1.45 bits per heavy atom. The van der Waals surface area contributed by atoms with E-state index in [0.29, 0.717) is 18.5 Å². The molecule has 2 atom stereocenters. The number of amides is 1. The number of rotatable bonds is 3. The zero-order chi connectivity index (χ0) is 13.9. The predicted octanol–water partition coefficient (Wildman–Crippen LogP) is 1.64. The molecule has 110 valence electrons. The number of nitrogens with zero attached hydrogens (tertiary/aromatic N) is 3. The second kappa shape index (κ2) is 6.26. The summed E-state index contributed by atoms with van der Waals surface area (Å²) in [6.45, 7) is 3.40. The number of nitrogens with one attached hydrogen (secondary N) is 1. The molecule has 1 N–H and O–H groups in total. The largest absolute Gasteiger partial charge is 0.338 e. The second-order valence-electron chi connectivity index (χ2n) is 5.76. The van der Waals surface area contributed by atoms with E-state index in [1.54, 1.807) is 10.9 Å². The molecular formula is C14H21BrN4O. The Kier molecular flexibility index (Phi) is 4.41. The van der Waals surface area contributed by atoms with Crippen molar-refractivity contribution in [2.75, 3.05) is 19.6 Å². The van der Waals surface area contributed by atoms with Gasteiger partial charge in [-0.1, -0.05) is 0 Å². The second-order valence-corrected chi connectivity index (χ2v) is 6.67. The van der Waals surface area contributed by atoms with E-state index in [4.69, 9.17) is 0 Å². The van der Waals surface area contributed by atoms with Gasteiger partial charge in [-0.25, -0.2) is 0 Å². The third-order valence-corrected chi connectivity index (χ3v) is 4.82. The standard InChI is InChI=1S/C14H21BrN4O/c15-12-8-17-18(9-12)10-14(20)19-6-2-1-3-13(19)11-4-5-16-7-11/h8-9,11,13,16H,1-7,10H2. The first-order valence-electron chi connectivity index (χ1n) is 7.42. The number of likely N-dealkylation sites (tertiary alicyclic amines) is 1. The molecule has 2 aliphatic rings. The van der Waals surface area contributed by atoms with Gasteiger partial charge in [0.25, 0.3) is 0 Å². The Labute approximate surface area is 127 Å². The molecular weight excluding hydrogens is 320 g/mol. The summed E-state index contributed by atoms with van der Waals surface area (Å²) in [4.78, 5) is 14.7. The first-order chi connectivity index (χ1) is 9.74. The van der Waals surface area contributed by atoms with Crippen molar-refractivity contribution in [2.24, 2.45) is 5.92 Å². The SMILES string of the molecule is O=C(Cn1cc(Br)cn1)N1CCCCC1C1CCNC1. The molecule has 3 heterocycles. The lowest BCUT2D eigenvalue weighted by Crippen LogP contribution is -2.49. The minimum absolute atomic E-state index is 0.206. The maximum absolute atomic E-state index is 12.6. The van der Waals surface area contributed by atoms with Crippen molar-refractivity contribution in [1.29, 1.82) is 0 Å². The number of carbonyl (C=O) groups is 1. The predicted molar refractivity (Wildman–Crippen MR) is 80.3 cm³/mol. The van der Waals surface area contributed by atoms with Crippen LogP contribution in [-0.4, -0.2) is 46.3 Å². The Balaban J connectivity index is 1.67. The van der Waals surface area contributed by atoms with Crippen LogP contribution in [-0.2, 0) is 11.3 Å². The quantitative estimate of drug-likeness (QED) is 0.909. The van der Waals surface area contributed by atoms with Gasteiger partial charge in [0.2, 0.25) is 5.91 Å². The van der Waals surface area contributed by atoms with Gasteiger partial charge in [0.15, 0.2) is 0 Å². The average molecular weight is 341 g/mol. The first-order valence-corrected chi connectivity index (χ1v) is 8.21. The average Bonchev–Trinajstić information content (AvgIpc) is 3.10. The summed E-state index contributed by atoms with van der Waals surface area (Å²) in [7, 11) is 0. The van der Waals surface area contributed by atoms with E-state index >= 15 is 0 Å². The molecule has 5 nitrogen and oxygen atoms in total. The topological polar surface area (TPSA) is 50.2 Å². The summed E-state index contributed by atoms with van der Waals surface area (Å²) in [5.41, 5.74) is 0. The fraction of sp³-hybridized carbons (Fsp3) is 0.714. The molecule has 1 aromatic heterocycles. The van der Waals surface area contributed by atoms with Crippen LogP contribution in [0.4, 0.5) is 0 Å². The first kappa shape index (κ1) is 14.1. The van der Waals surface area contributed by atoms with Crippen LogP contribution >= 0.6 is 15.9 Å². The molecule has 6 heteroatoms. The van der Waals surface area contributed by atoms with Crippen molar-refractivity contribution in [1.82, 2.24) is 20.0 Å². The van der Waals surface area contributed by atoms with Crippen LogP contribution in [0.15, 0.2) is 16.9 Å². The molecule has 0 aliphatic carbocycles. The normalized spacial score (nSPS) is 26.9. The molecule has 2 saturated heterocycles. The van der Waals surface area contributed by atoms with Gasteiger partial charge in [0.05, 0.1) is 10.7 Å². The maximum Gasteiger partial charge on any atom is 0.244 e. The molecule has 1 aromatic rings. The minimum Gasteiger partial charge on any atom is -0.338 e. The molecule has 0 spiro atoms. The Morgan fingerprint density at radius 3 is 3.05 bits per heavy atom. The van der Waals surface area contributed by atoms with E-state index in [1.165, 1.54) is 12.8 Å². The molecule has 0 bridgehead atoms. The molecule has 0 aromatic carbocycles. The Morgan fingerprint density at radius 2 is 2.35 bits per heavy atom. The van der Waals surface area contributed by atoms with Crippen molar-refractivity contribution < 1.29 is 4.79 Å². The van der Waals surface area contributed by atoms with Crippen LogP contribution in [0.1, 0.15) is 25.7 Å². The Hall–Kier alpha value is -0.880. The van der Waals surface area contributed by atoms with Gasteiger partial charge in [0.1, 0.15) is 6.54 Å². The van der Waals surface area contributed by atoms with Gasteiger partial charge in [-0.2, -0.15) is 5.10 Å². The Bertz CT molecular complexity index is 469. The summed E-state index contributed by atoms with van der Waals surface area (Å²) in [6.07, 6.45) is 8.31. The van der Waals surface area contributed by atoms with Crippen LogP contribution in [0, 0.1) is 5.92 Å². The fourth-order valence-corrected chi connectivity index (χ4v) is 3.74. The molecule has 0 radical (unpaired) electrons. The van der Waals surface area contributed by atoms with E-state index < -0.39 is 0 Å². The van der Waals surface area contributed by atoms with Gasteiger partial charge >= 0.3 is 0 Å². The van der Waals surface area contributed by atoms with Crippen LogP contribution < -0.4 is 5.32 Å². The number of hydrogen-bond donors (Lipinski definition) is 1. The van der Waals surface area contributed by atoms with E-state index in [2.05, 4.69) is 31.2 Å². The third-order valence-electron chi connectivity index (χ3n) is 4.41. The van der Waals surface area contributed by atoms with E-state index in [9.17, 15) is 4.79 Å². The number of halogens is 1. The smallest absolute Gasteiger partial charge is 0.244 e. The van der Waals surface area contributed by atoms with E-state index in [1.807, 2.05) is 6.20 Å². The maximum atomic E-state index is 12.6. The summed E-state index contributed by atoms with van der Waals surface area (Å²) in [5, 5.41) is 7.60. The molecule has 1 amide bonds. The van der Waals surface area contributed by atoms with Crippen molar-refractivity contribution in [2.45, 2.75) is 38.3 Å². The fourth-order valence-electron chi connectivity index (χ4n) is 3.42. The number of hydrogen-bond acceptors (Lipinski definition) is 3. The van der Waals surface area contributed by atoms with Gasteiger partial charge in [-0.15, -0.1) is 0 Å². The van der Waals surface area contributed by atoms with Crippen LogP contribution in [0.2, 0.25) is 0 Å². The van der Waals surface area contributed by atoms with Gasteiger partial charge in [0, 0.05) is 18.8 Å². The summed E-state index contributed by atoms with van der Waals surface area (Å²) in [6, 6.07) is 0.422. The number of carbonyl (C=O) groups excluding carboxylic acids is 1. The lowest BCUT2D eigenvalue weighted by atomic mass is 9.89. The molecule has 2 unspecified atom stereocenters. The van der Waals surface area contributed by atoms with Crippen LogP contribution in [0.3, 0.4) is 0 Å². The molecule has 2 fully saturated rings. The highest BCUT2D eigenvalue weighted by Gasteiger charge is 2.34. The summed E-state index contributed by atoms with van der Waals surface area (Å²) in [5.74, 6) is 0.834. The van der Waals surface area contributed by atoms with Gasteiger partial charge in [-0.3, -0.25) is 9.48 Å². The zero-order valence-corrected chi connectivity index (χ0v) is 13.2. The lowest BCUT2D eigenvalue weighted by Gasteiger charge is -2.39. The molecule has 0 saturated carbocycles. The lowest BCUT2D eigenvalue weighted by molar-refractivity contribution is -0.137.